The maximum atomic E-state index is 11.5. The third-order valence-electron chi connectivity index (χ3n) is 2.92. The highest BCUT2D eigenvalue weighted by atomic mass is 35.5. The van der Waals surface area contributed by atoms with Crippen LogP contribution in [0.1, 0.15) is 35.4 Å². The Kier molecular flexibility index (Phi) is 6.61. The molecule has 2 unspecified atom stereocenters. The van der Waals surface area contributed by atoms with E-state index >= 15 is 0 Å². The fraction of sp³-hybridized carbons (Fsp3) is 0.429. The molecule has 116 valence electrons. The molecule has 0 bridgehead atoms. The molecular weight excluding hydrogens is 298 g/mol. The summed E-state index contributed by atoms with van der Waals surface area (Å²) in [6, 6.07) is 4.34. The van der Waals surface area contributed by atoms with E-state index in [0.717, 1.165) is 0 Å². The summed E-state index contributed by atoms with van der Waals surface area (Å²) < 4.78 is 4.59. The van der Waals surface area contributed by atoms with Crippen molar-refractivity contribution in [2.45, 2.75) is 25.6 Å². The lowest BCUT2D eigenvalue weighted by Crippen LogP contribution is -2.27. The Labute approximate surface area is 127 Å². The van der Waals surface area contributed by atoms with E-state index in [9.17, 15) is 19.8 Å². The van der Waals surface area contributed by atoms with E-state index in [1.807, 2.05) is 0 Å². The van der Waals surface area contributed by atoms with Crippen molar-refractivity contribution in [1.82, 2.24) is 5.32 Å². The van der Waals surface area contributed by atoms with Crippen LogP contribution in [-0.4, -0.2) is 41.8 Å². The minimum absolute atomic E-state index is 0.116. The fourth-order valence-electron chi connectivity index (χ4n) is 1.77. The molecule has 2 atom stereocenters. The largest absolute Gasteiger partial charge is 0.465 e. The molecule has 0 fully saturated rings. The summed E-state index contributed by atoms with van der Waals surface area (Å²) in [6.45, 7) is 1.61. The molecule has 1 amide bonds. The Hall–Kier alpha value is -1.63. The van der Waals surface area contributed by atoms with Crippen molar-refractivity contribution in [3.63, 3.8) is 0 Å². The van der Waals surface area contributed by atoms with Crippen LogP contribution in [0, 0.1) is 0 Å². The number of esters is 1. The average molecular weight is 316 g/mol. The summed E-state index contributed by atoms with van der Waals surface area (Å²) in [5, 5.41) is 22.7. The first-order valence-corrected chi connectivity index (χ1v) is 6.73. The van der Waals surface area contributed by atoms with Crippen LogP contribution in [0.25, 0.3) is 0 Å². The van der Waals surface area contributed by atoms with E-state index in [-0.39, 0.29) is 29.5 Å². The fourth-order valence-corrected chi connectivity index (χ4v) is 1.96. The Balaban J connectivity index is 2.79. The van der Waals surface area contributed by atoms with Gasteiger partial charge in [-0.15, -0.1) is 0 Å². The lowest BCUT2D eigenvalue weighted by atomic mass is 10.00. The van der Waals surface area contributed by atoms with Crippen molar-refractivity contribution in [2.24, 2.45) is 0 Å². The standard InChI is InChI=1S/C14H18ClNO5/c1-8(17)16-6-5-12(18)13(19)9-3-4-11(15)10(7-9)14(20)21-2/h3-4,7,12-13,18-19H,5-6H2,1-2H3,(H,16,17). The van der Waals surface area contributed by atoms with Gasteiger partial charge < -0.3 is 20.3 Å². The van der Waals surface area contributed by atoms with Gasteiger partial charge in [0.2, 0.25) is 5.91 Å². The average Bonchev–Trinajstić information content (AvgIpc) is 2.45. The molecule has 0 heterocycles. The van der Waals surface area contributed by atoms with Crippen molar-refractivity contribution >= 4 is 23.5 Å². The smallest absolute Gasteiger partial charge is 0.339 e. The van der Waals surface area contributed by atoms with Crippen molar-refractivity contribution < 1.29 is 24.5 Å². The molecule has 0 aliphatic carbocycles. The van der Waals surface area contributed by atoms with Crippen LogP contribution in [-0.2, 0) is 9.53 Å². The van der Waals surface area contributed by atoms with Gasteiger partial charge in [0.05, 0.1) is 23.8 Å². The van der Waals surface area contributed by atoms with Crippen molar-refractivity contribution in [1.29, 1.82) is 0 Å². The summed E-state index contributed by atoms with van der Waals surface area (Å²) in [6.07, 6.45) is -2.10. The summed E-state index contributed by atoms with van der Waals surface area (Å²) in [4.78, 5) is 22.3. The predicted molar refractivity (Wildman–Crippen MR) is 77.1 cm³/mol. The Morgan fingerprint density at radius 2 is 2.05 bits per heavy atom. The van der Waals surface area contributed by atoms with E-state index in [0.29, 0.717) is 5.56 Å². The number of hydrogen-bond donors (Lipinski definition) is 3. The first-order valence-electron chi connectivity index (χ1n) is 6.35. The number of aliphatic hydroxyl groups is 2. The van der Waals surface area contributed by atoms with Crippen LogP contribution >= 0.6 is 11.6 Å². The number of carbonyl (C=O) groups is 2. The van der Waals surface area contributed by atoms with Crippen LogP contribution in [0.15, 0.2) is 18.2 Å². The highest BCUT2D eigenvalue weighted by molar-refractivity contribution is 6.33. The van der Waals surface area contributed by atoms with Crippen LogP contribution < -0.4 is 5.32 Å². The molecule has 0 radical (unpaired) electrons. The van der Waals surface area contributed by atoms with Gasteiger partial charge in [0.1, 0.15) is 6.10 Å². The first-order chi connectivity index (χ1) is 9.86. The number of nitrogens with one attached hydrogen (secondary N) is 1. The van der Waals surface area contributed by atoms with E-state index in [2.05, 4.69) is 10.1 Å². The number of aliphatic hydroxyl groups excluding tert-OH is 2. The Bertz CT molecular complexity index is 520. The van der Waals surface area contributed by atoms with Gasteiger partial charge in [0.25, 0.3) is 0 Å². The molecule has 7 heteroatoms. The minimum atomic E-state index is -1.19. The molecule has 21 heavy (non-hydrogen) atoms. The zero-order valence-electron chi connectivity index (χ0n) is 11.8. The summed E-state index contributed by atoms with van der Waals surface area (Å²) in [7, 11) is 1.23. The highest BCUT2D eigenvalue weighted by Crippen LogP contribution is 2.25. The lowest BCUT2D eigenvalue weighted by Gasteiger charge is -2.19. The predicted octanol–water partition coefficient (Wildman–Crippen LogP) is 1.05. The van der Waals surface area contributed by atoms with E-state index in [4.69, 9.17) is 11.6 Å². The van der Waals surface area contributed by atoms with Crippen molar-refractivity contribution in [2.75, 3.05) is 13.7 Å². The Morgan fingerprint density at radius 1 is 1.38 bits per heavy atom. The molecule has 0 aromatic heterocycles. The SMILES string of the molecule is COC(=O)c1cc(C(O)C(O)CCNC(C)=O)ccc1Cl. The second-order valence-electron chi connectivity index (χ2n) is 4.51. The first kappa shape index (κ1) is 17.4. The summed E-state index contributed by atoms with van der Waals surface area (Å²) in [5.41, 5.74) is 0.458. The molecule has 0 aliphatic heterocycles. The maximum absolute atomic E-state index is 11.5. The van der Waals surface area contributed by atoms with Crippen LogP contribution in [0.5, 0.6) is 0 Å². The third-order valence-corrected chi connectivity index (χ3v) is 3.25. The van der Waals surface area contributed by atoms with Gasteiger partial charge in [0.15, 0.2) is 0 Å². The zero-order valence-corrected chi connectivity index (χ0v) is 12.6. The molecule has 1 aromatic carbocycles. The van der Waals surface area contributed by atoms with Gasteiger partial charge in [-0.05, 0) is 24.1 Å². The zero-order chi connectivity index (χ0) is 16.0. The van der Waals surface area contributed by atoms with Gasteiger partial charge in [-0.3, -0.25) is 4.79 Å². The molecule has 1 aromatic rings. The van der Waals surface area contributed by atoms with Crippen LogP contribution in [0.2, 0.25) is 5.02 Å². The molecule has 0 aliphatic rings. The van der Waals surface area contributed by atoms with Crippen LogP contribution in [0.4, 0.5) is 0 Å². The number of hydrogen-bond acceptors (Lipinski definition) is 5. The van der Waals surface area contributed by atoms with Gasteiger partial charge >= 0.3 is 5.97 Å². The number of benzene rings is 1. The van der Waals surface area contributed by atoms with Crippen molar-refractivity contribution in [3.8, 4) is 0 Å². The Morgan fingerprint density at radius 3 is 2.62 bits per heavy atom. The molecule has 0 saturated heterocycles. The molecular formula is C14H18ClNO5. The molecule has 0 saturated carbocycles. The number of methoxy groups -OCH3 is 1. The van der Waals surface area contributed by atoms with E-state index in [1.54, 1.807) is 0 Å². The monoisotopic (exact) mass is 315 g/mol. The summed E-state index contributed by atoms with van der Waals surface area (Å²) >= 11 is 5.88. The number of carbonyl (C=O) groups excluding carboxylic acids is 2. The summed E-state index contributed by atoms with van der Waals surface area (Å²) in [5.74, 6) is -0.835. The maximum Gasteiger partial charge on any atom is 0.339 e. The molecule has 6 nitrogen and oxygen atoms in total. The number of halogens is 1. The number of rotatable bonds is 6. The minimum Gasteiger partial charge on any atom is -0.465 e. The van der Waals surface area contributed by atoms with Gasteiger partial charge in [-0.1, -0.05) is 17.7 Å². The topological polar surface area (TPSA) is 95.9 Å². The second kappa shape index (κ2) is 7.97. The lowest BCUT2D eigenvalue weighted by molar-refractivity contribution is -0.119. The van der Waals surface area contributed by atoms with Gasteiger partial charge in [0, 0.05) is 13.5 Å². The normalized spacial score (nSPS) is 13.4. The van der Waals surface area contributed by atoms with Gasteiger partial charge in [-0.2, -0.15) is 0 Å². The van der Waals surface area contributed by atoms with E-state index < -0.39 is 18.2 Å². The number of ether oxygens (including phenoxy) is 1. The molecule has 1 rings (SSSR count). The molecule has 0 spiro atoms. The van der Waals surface area contributed by atoms with Crippen molar-refractivity contribution in [3.05, 3.63) is 34.3 Å². The number of amides is 1. The third kappa shape index (κ3) is 5.00. The molecule has 3 N–H and O–H groups in total. The van der Waals surface area contributed by atoms with E-state index in [1.165, 1.54) is 32.2 Å². The van der Waals surface area contributed by atoms with Gasteiger partial charge in [-0.25, -0.2) is 4.79 Å². The second-order valence-corrected chi connectivity index (χ2v) is 4.92. The highest BCUT2D eigenvalue weighted by Gasteiger charge is 2.21. The van der Waals surface area contributed by atoms with Crippen LogP contribution in [0.3, 0.4) is 0 Å². The quantitative estimate of drug-likeness (QED) is 0.682.